The van der Waals surface area contributed by atoms with Gasteiger partial charge in [0.1, 0.15) is 0 Å². The van der Waals surface area contributed by atoms with Gasteiger partial charge in [0.2, 0.25) is 9.04 Å². The summed E-state index contributed by atoms with van der Waals surface area (Å²) in [5.41, 5.74) is 0.820. The largest absolute Gasteiger partial charge is 0.411 e. The molecule has 0 spiro atoms. The molecule has 1 aliphatic carbocycles. The number of hydrogen-bond donors (Lipinski definition) is 1. The average Bonchev–Trinajstić information content (AvgIpc) is 2.47. The SMILES string of the molecule is C[Si](C)OC1CCC(C(C)(C)C)CCCC1(O)Cc1ccccc1. The normalized spacial score (nSPS) is 29.3. The molecule has 0 aliphatic heterocycles. The first-order chi connectivity index (χ1) is 11.2. The van der Waals surface area contributed by atoms with E-state index in [0.29, 0.717) is 17.8 Å². The Bertz CT molecular complexity index is 494. The standard InChI is InChI=1S/C21H35O2Si/c1-20(2,3)18-12-9-15-21(22,16-17-10-7-6-8-11-17)19(14-13-18)23-24(4)5/h6-8,10-11,18-19,22H,9,12-16H2,1-5H3. The Morgan fingerprint density at radius 2 is 1.79 bits per heavy atom. The van der Waals surface area contributed by atoms with Crippen LogP contribution < -0.4 is 0 Å². The van der Waals surface area contributed by atoms with Crippen LogP contribution in [0.2, 0.25) is 13.1 Å². The summed E-state index contributed by atoms with van der Waals surface area (Å²) in [5, 5.41) is 11.5. The van der Waals surface area contributed by atoms with Crippen LogP contribution in [0.4, 0.5) is 0 Å². The van der Waals surface area contributed by atoms with E-state index in [1.807, 2.05) is 6.07 Å². The van der Waals surface area contributed by atoms with E-state index < -0.39 is 14.6 Å². The molecule has 135 valence electrons. The Hall–Kier alpha value is -0.643. The molecule has 0 bridgehead atoms. The Balaban J connectivity index is 2.18. The Labute approximate surface area is 150 Å². The summed E-state index contributed by atoms with van der Waals surface area (Å²) in [4.78, 5) is 0. The van der Waals surface area contributed by atoms with Gasteiger partial charge in [-0.1, -0.05) is 57.5 Å². The van der Waals surface area contributed by atoms with Gasteiger partial charge < -0.3 is 9.53 Å². The lowest BCUT2D eigenvalue weighted by atomic mass is 9.70. The van der Waals surface area contributed by atoms with E-state index in [0.717, 1.165) is 25.7 Å². The summed E-state index contributed by atoms with van der Waals surface area (Å²) in [6.45, 7) is 11.4. The third-order valence-corrected chi connectivity index (χ3v) is 6.25. The van der Waals surface area contributed by atoms with Crippen molar-refractivity contribution >= 4 is 9.04 Å². The Morgan fingerprint density at radius 3 is 2.38 bits per heavy atom. The number of rotatable bonds is 4. The molecule has 0 aromatic heterocycles. The first kappa shape index (κ1) is 19.7. The second-order valence-electron chi connectivity index (χ2n) is 8.81. The molecule has 1 aromatic carbocycles. The monoisotopic (exact) mass is 347 g/mol. The van der Waals surface area contributed by atoms with Crippen molar-refractivity contribution in [1.29, 1.82) is 0 Å². The first-order valence-corrected chi connectivity index (χ1v) is 11.8. The quantitative estimate of drug-likeness (QED) is 0.756. The van der Waals surface area contributed by atoms with Gasteiger partial charge in [-0.05, 0) is 55.7 Å². The van der Waals surface area contributed by atoms with Crippen LogP contribution in [-0.2, 0) is 10.8 Å². The van der Waals surface area contributed by atoms with Crippen LogP contribution in [-0.4, -0.2) is 25.9 Å². The third-order valence-electron chi connectivity index (χ3n) is 5.49. The van der Waals surface area contributed by atoms with Crippen LogP contribution in [0.15, 0.2) is 30.3 Å². The maximum absolute atomic E-state index is 11.5. The van der Waals surface area contributed by atoms with E-state index in [1.54, 1.807) is 0 Å². The van der Waals surface area contributed by atoms with Crippen molar-refractivity contribution in [3.8, 4) is 0 Å². The minimum absolute atomic E-state index is 0.0354. The molecule has 2 nitrogen and oxygen atoms in total. The molecule has 3 heteroatoms. The zero-order valence-corrected chi connectivity index (χ0v) is 17.1. The van der Waals surface area contributed by atoms with Gasteiger partial charge in [-0.2, -0.15) is 0 Å². The van der Waals surface area contributed by atoms with Crippen molar-refractivity contribution in [2.45, 2.75) is 84.1 Å². The van der Waals surface area contributed by atoms with E-state index in [1.165, 1.54) is 12.0 Å². The lowest BCUT2D eigenvalue weighted by Gasteiger charge is -2.42. The molecule has 0 heterocycles. The summed E-state index contributed by atoms with van der Waals surface area (Å²) < 4.78 is 6.33. The van der Waals surface area contributed by atoms with Crippen molar-refractivity contribution in [2.24, 2.45) is 11.3 Å². The molecule has 3 unspecified atom stereocenters. The fourth-order valence-electron chi connectivity index (χ4n) is 4.05. The van der Waals surface area contributed by atoms with Crippen LogP contribution >= 0.6 is 0 Å². The Morgan fingerprint density at radius 1 is 1.12 bits per heavy atom. The van der Waals surface area contributed by atoms with Gasteiger partial charge in [-0.25, -0.2) is 0 Å². The van der Waals surface area contributed by atoms with Crippen molar-refractivity contribution in [3.63, 3.8) is 0 Å². The van der Waals surface area contributed by atoms with Crippen LogP contribution in [0.1, 0.15) is 58.4 Å². The fourth-order valence-corrected chi connectivity index (χ4v) is 4.96. The molecule has 1 saturated carbocycles. The van der Waals surface area contributed by atoms with E-state index in [2.05, 4.69) is 58.1 Å². The van der Waals surface area contributed by atoms with E-state index in [-0.39, 0.29) is 6.10 Å². The van der Waals surface area contributed by atoms with Crippen molar-refractivity contribution in [2.75, 3.05) is 0 Å². The van der Waals surface area contributed by atoms with Gasteiger partial charge in [0.05, 0.1) is 11.7 Å². The molecule has 1 fully saturated rings. The zero-order chi connectivity index (χ0) is 17.8. The highest BCUT2D eigenvalue weighted by Gasteiger charge is 2.40. The van der Waals surface area contributed by atoms with Gasteiger partial charge in [-0.3, -0.25) is 0 Å². The topological polar surface area (TPSA) is 29.5 Å². The molecule has 1 aromatic rings. The molecule has 2 rings (SSSR count). The lowest BCUT2D eigenvalue weighted by molar-refractivity contribution is -0.0837. The highest BCUT2D eigenvalue weighted by molar-refractivity contribution is 6.48. The maximum Gasteiger partial charge on any atom is 0.205 e. The minimum Gasteiger partial charge on any atom is -0.411 e. The predicted octanol–water partition coefficient (Wildman–Crippen LogP) is 5.22. The molecular formula is C21H35O2Si. The summed E-state index contributed by atoms with van der Waals surface area (Å²) in [6.07, 6.45) is 5.93. The fraction of sp³-hybridized carbons (Fsp3) is 0.714. The predicted molar refractivity (Wildman–Crippen MR) is 103 cm³/mol. The maximum atomic E-state index is 11.5. The van der Waals surface area contributed by atoms with Crippen LogP contribution in [0.5, 0.6) is 0 Å². The summed E-state index contributed by atoms with van der Waals surface area (Å²) in [6, 6.07) is 10.4. The zero-order valence-electron chi connectivity index (χ0n) is 16.1. The van der Waals surface area contributed by atoms with Crippen LogP contribution in [0, 0.1) is 11.3 Å². The molecule has 0 amide bonds. The van der Waals surface area contributed by atoms with Crippen molar-refractivity contribution in [3.05, 3.63) is 35.9 Å². The highest BCUT2D eigenvalue weighted by Crippen LogP contribution is 2.40. The molecule has 0 saturated heterocycles. The number of aliphatic hydroxyl groups is 1. The molecule has 1 aliphatic rings. The van der Waals surface area contributed by atoms with Crippen LogP contribution in [0.3, 0.4) is 0 Å². The first-order valence-electron chi connectivity index (χ1n) is 9.44. The molecular weight excluding hydrogens is 312 g/mol. The van der Waals surface area contributed by atoms with Gasteiger partial charge in [0, 0.05) is 6.42 Å². The Kier molecular flexibility index (Phi) is 6.69. The second kappa shape index (κ2) is 8.16. The van der Waals surface area contributed by atoms with E-state index >= 15 is 0 Å². The molecule has 1 radical (unpaired) electrons. The number of hydrogen-bond acceptors (Lipinski definition) is 2. The van der Waals surface area contributed by atoms with Crippen molar-refractivity contribution in [1.82, 2.24) is 0 Å². The molecule has 3 atom stereocenters. The van der Waals surface area contributed by atoms with E-state index in [9.17, 15) is 5.11 Å². The summed E-state index contributed by atoms with van der Waals surface area (Å²) in [7, 11) is -0.835. The average molecular weight is 348 g/mol. The van der Waals surface area contributed by atoms with Gasteiger partial charge in [0.15, 0.2) is 0 Å². The van der Waals surface area contributed by atoms with Gasteiger partial charge in [-0.15, -0.1) is 0 Å². The highest BCUT2D eigenvalue weighted by atomic mass is 28.3. The summed E-state index contributed by atoms with van der Waals surface area (Å²) in [5.74, 6) is 0.717. The molecule has 1 N–H and O–H groups in total. The minimum atomic E-state index is -0.835. The summed E-state index contributed by atoms with van der Waals surface area (Å²) >= 11 is 0. The lowest BCUT2D eigenvalue weighted by Crippen LogP contribution is -2.49. The van der Waals surface area contributed by atoms with Crippen molar-refractivity contribution < 1.29 is 9.53 Å². The molecule has 24 heavy (non-hydrogen) atoms. The van der Waals surface area contributed by atoms with Gasteiger partial charge >= 0.3 is 0 Å². The van der Waals surface area contributed by atoms with E-state index in [4.69, 9.17) is 4.43 Å². The van der Waals surface area contributed by atoms with Gasteiger partial charge in [0.25, 0.3) is 0 Å². The van der Waals surface area contributed by atoms with Crippen LogP contribution in [0.25, 0.3) is 0 Å². The second-order valence-corrected chi connectivity index (χ2v) is 10.9. The number of benzene rings is 1. The smallest absolute Gasteiger partial charge is 0.205 e. The third kappa shape index (κ3) is 5.43.